The Bertz CT molecular complexity index is 1380. The second-order valence-electron chi connectivity index (χ2n) is 8.05. The molecule has 2 N–H and O–H groups in total. The van der Waals surface area contributed by atoms with E-state index in [0.29, 0.717) is 35.9 Å². The van der Waals surface area contributed by atoms with Crippen molar-refractivity contribution in [2.45, 2.75) is 25.5 Å². The number of aryl methyl sites for hydroxylation is 1. The minimum atomic E-state index is -0.390. The minimum absolute atomic E-state index is 0.0393. The molecular weight excluding hydrogens is 420 g/mol. The first-order valence-electron chi connectivity index (χ1n) is 10.5. The maximum Gasteiger partial charge on any atom is 0.232 e. The molecule has 0 saturated carbocycles. The van der Waals surface area contributed by atoms with Gasteiger partial charge in [0, 0.05) is 49.4 Å². The van der Waals surface area contributed by atoms with Gasteiger partial charge in [-0.1, -0.05) is 12.1 Å². The van der Waals surface area contributed by atoms with Crippen molar-refractivity contribution >= 4 is 17.2 Å². The Morgan fingerprint density at radius 3 is 2.67 bits per heavy atom. The first kappa shape index (κ1) is 20.7. The summed E-state index contributed by atoms with van der Waals surface area (Å²) in [6, 6.07) is 14.9. The topological polar surface area (TPSA) is 127 Å². The van der Waals surface area contributed by atoms with Crippen LogP contribution in [0, 0.1) is 11.3 Å². The van der Waals surface area contributed by atoms with Gasteiger partial charge >= 0.3 is 0 Å². The van der Waals surface area contributed by atoms with Gasteiger partial charge in [0.2, 0.25) is 11.8 Å². The van der Waals surface area contributed by atoms with Gasteiger partial charge in [-0.25, -0.2) is 9.50 Å². The molecule has 0 bridgehead atoms. The Kier molecular flexibility index (Phi) is 5.03. The first-order chi connectivity index (χ1) is 15.9. The standard InChI is InChI=1S/C23H22N8O2/c1-14(19-10-18(11-24)29(2)27-19)33-22-8-7-21-26-12-20(31(21)28-22)15-3-5-17(6-4-15)30-13-16(25)9-23(30)32/h3-8,10,12,14,16H,9,13,25H2,1-2H3/t14?,16-/m0/s1. The molecule has 1 unspecified atom stereocenters. The Labute approximate surface area is 189 Å². The maximum atomic E-state index is 12.1. The van der Waals surface area contributed by atoms with Gasteiger partial charge in [-0.15, -0.1) is 5.10 Å². The number of rotatable bonds is 5. The molecule has 5 rings (SSSR count). The number of carbonyl (C=O) groups excluding carboxylic acids is 1. The van der Waals surface area contributed by atoms with Crippen molar-refractivity contribution in [3.8, 4) is 23.2 Å². The molecule has 10 nitrogen and oxygen atoms in total. The van der Waals surface area contributed by atoms with Crippen LogP contribution in [0.3, 0.4) is 0 Å². The molecule has 3 aromatic heterocycles. The third-order valence-corrected chi connectivity index (χ3v) is 5.69. The van der Waals surface area contributed by atoms with Crippen molar-refractivity contribution in [2.24, 2.45) is 12.8 Å². The molecule has 4 heterocycles. The van der Waals surface area contributed by atoms with Crippen LogP contribution in [0.5, 0.6) is 5.88 Å². The van der Waals surface area contributed by atoms with E-state index in [0.717, 1.165) is 16.9 Å². The van der Waals surface area contributed by atoms with E-state index in [-0.39, 0.29) is 18.1 Å². The number of nitrogens with zero attached hydrogens (tertiary/aromatic N) is 7. The largest absolute Gasteiger partial charge is 0.467 e. The summed E-state index contributed by atoms with van der Waals surface area (Å²) in [5.74, 6) is 0.448. The Morgan fingerprint density at radius 1 is 1.21 bits per heavy atom. The molecule has 1 fully saturated rings. The number of amides is 1. The number of nitriles is 1. The predicted octanol–water partition coefficient (Wildman–Crippen LogP) is 2.21. The Hall–Kier alpha value is -4.23. The highest BCUT2D eigenvalue weighted by Crippen LogP contribution is 2.27. The van der Waals surface area contributed by atoms with Gasteiger partial charge in [-0.05, 0) is 25.1 Å². The SMILES string of the molecule is CC(Oc1ccc2ncc(-c3ccc(N4C[C@@H](N)CC4=O)cc3)n2n1)c1cc(C#N)n(C)n1. The van der Waals surface area contributed by atoms with Crippen LogP contribution in [-0.4, -0.2) is 42.9 Å². The van der Waals surface area contributed by atoms with Crippen LogP contribution in [0.25, 0.3) is 16.9 Å². The number of anilines is 1. The van der Waals surface area contributed by atoms with Crippen LogP contribution in [-0.2, 0) is 11.8 Å². The molecule has 1 aliphatic rings. The molecule has 2 atom stereocenters. The second kappa shape index (κ2) is 8.03. The first-order valence-corrected chi connectivity index (χ1v) is 10.5. The van der Waals surface area contributed by atoms with Crippen LogP contribution < -0.4 is 15.4 Å². The fraction of sp³-hybridized carbons (Fsp3) is 0.261. The summed E-state index contributed by atoms with van der Waals surface area (Å²) < 4.78 is 9.23. The van der Waals surface area contributed by atoms with Gasteiger partial charge in [0.05, 0.1) is 11.9 Å². The summed E-state index contributed by atoms with van der Waals surface area (Å²) in [6.45, 7) is 2.38. The zero-order valence-corrected chi connectivity index (χ0v) is 18.2. The summed E-state index contributed by atoms with van der Waals surface area (Å²) >= 11 is 0. The number of imidazole rings is 1. The van der Waals surface area contributed by atoms with E-state index in [1.807, 2.05) is 37.3 Å². The number of aromatic nitrogens is 5. The average Bonchev–Trinajstić information content (AvgIpc) is 3.49. The summed E-state index contributed by atoms with van der Waals surface area (Å²) in [7, 11) is 1.72. The molecule has 0 spiro atoms. The number of nitrogens with two attached hydrogens (primary N) is 1. The number of hydrogen-bond acceptors (Lipinski definition) is 7. The van der Waals surface area contributed by atoms with Crippen molar-refractivity contribution in [3.63, 3.8) is 0 Å². The third kappa shape index (κ3) is 3.79. The molecule has 1 saturated heterocycles. The molecule has 0 aliphatic carbocycles. The zero-order valence-electron chi connectivity index (χ0n) is 18.2. The molecule has 1 amide bonds. The predicted molar refractivity (Wildman–Crippen MR) is 120 cm³/mol. The van der Waals surface area contributed by atoms with Gasteiger partial charge in [-0.2, -0.15) is 10.4 Å². The fourth-order valence-corrected chi connectivity index (χ4v) is 3.95. The average molecular weight is 442 g/mol. The third-order valence-electron chi connectivity index (χ3n) is 5.69. The van der Waals surface area contributed by atoms with E-state index in [2.05, 4.69) is 21.3 Å². The number of carbonyl (C=O) groups is 1. The van der Waals surface area contributed by atoms with Crippen molar-refractivity contribution in [1.82, 2.24) is 24.4 Å². The second-order valence-corrected chi connectivity index (χ2v) is 8.05. The number of hydrogen-bond donors (Lipinski definition) is 1. The van der Waals surface area contributed by atoms with Crippen LogP contribution in [0.15, 0.2) is 48.7 Å². The molecular formula is C23H22N8O2. The van der Waals surface area contributed by atoms with Gasteiger partial charge in [0.1, 0.15) is 23.6 Å². The van der Waals surface area contributed by atoms with Gasteiger partial charge in [-0.3, -0.25) is 9.48 Å². The van der Waals surface area contributed by atoms with E-state index >= 15 is 0 Å². The number of benzene rings is 1. The van der Waals surface area contributed by atoms with E-state index in [9.17, 15) is 4.79 Å². The highest BCUT2D eigenvalue weighted by molar-refractivity contribution is 5.96. The summed E-state index contributed by atoms with van der Waals surface area (Å²) in [5, 5.41) is 18.1. The lowest BCUT2D eigenvalue weighted by Crippen LogP contribution is -2.27. The minimum Gasteiger partial charge on any atom is -0.467 e. The summed E-state index contributed by atoms with van der Waals surface area (Å²) in [5.41, 5.74) is 10.2. The quantitative estimate of drug-likeness (QED) is 0.502. The van der Waals surface area contributed by atoms with E-state index in [4.69, 9.17) is 15.7 Å². The monoisotopic (exact) mass is 442 g/mol. The lowest BCUT2D eigenvalue weighted by atomic mass is 10.1. The smallest absolute Gasteiger partial charge is 0.232 e. The molecule has 1 aromatic carbocycles. The summed E-state index contributed by atoms with van der Waals surface area (Å²) in [6.07, 6.45) is 1.73. The fourth-order valence-electron chi connectivity index (χ4n) is 3.95. The number of ether oxygens (including phenoxy) is 1. The Balaban J connectivity index is 1.40. The van der Waals surface area contributed by atoms with Crippen molar-refractivity contribution in [2.75, 3.05) is 11.4 Å². The maximum absolute atomic E-state index is 12.1. The Morgan fingerprint density at radius 2 is 2.00 bits per heavy atom. The molecule has 10 heteroatoms. The molecule has 1 aliphatic heterocycles. The number of fused-ring (bicyclic) bond motifs is 1. The van der Waals surface area contributed by atoms with E-state index < -0.39 is 0 Å². The van der Waals surface area contributed by atoms with Crippen LogP contribution in [0.1, 0.15) is 30.8 Å². The van der Waals surface area contributed by atoms with Crippen LogP contribution in [0.4, 0.5) is 5.69 Å². The zero-order chi connectivity index (χ0) is 23.1. The molecule has 4 aromatic rings. The van der Waals surface area contributed by atoms with Gasteiger partial charge < -0.3 is 15.4 Å². The lowest BCUT2D eigenvalue weighted by Gasteiger charge is -2.16. The highest BCUT2D eigenvalue weighted by atomic mass is 16.5. The highest BCUT2D eigenvalue weighted by Gasteiger charge is 2.28. The van der Waals surface area contributed by atoms with Crippen molar-refractivity contribution < 1.29 is 9.53 Å². The van der Waals surface area contributed by atoms with E-state index in [1.54, 1.807) is 34.8 Å². The normalized spacial score (nSPS) is 16.8. The molecule has 166 valence electrons. The molecule has 0 radical (unpaired) electrons. The lowest BCUT2D eigenvalue weighted by molar-refractivity contribution is -0.117. The van der Waals surface area contributed by atoms with Crippen LogP contribution >= 0.6 is 0 Å². The van der Waals surface area contributed by atoms with Gasteiger partial charge in [0.15, 0.2) is 5.65 Å². The summed E-state index contributed by atoms with van der Waals surface area (Å²) in [4.78, 5) is 18.3. The van der Waals surface area contributed by atoms with Crippen molar-refractivity contribution in [1.29, 1.82) is 5.26 Å². The van der Waals surface area contributed by atoms with E-state index in [1.165, 1.54) is 4.68 Å². The van der Waals surface area contributed by atoms with Crippen LogP contribution in [0.2, 0.25) is 0 Å². The van der Waals surface area contributed by atoms with Gasteiger partial charge in [0.25, 0.3) is 0 Å². The molecule has 33 heavy (non-hydrogen) atoms. The van der Waals surface area contributed by atoms with Crippen molar-refractivity contribution in [3.05, 3.63) is 60.0 Å².